The molecule has 1 aromatic rings. The summed E-state index contributed by atoms with van der Waals surface area (Å²) in [6.45, 7) is 5.63. The van der Waals surface area contributed by atoms with Gasteiger partial charge in [-0.2, -0.15) is 11.3 Å². The predicted molar refractivity (Wildman–Crippen MR) is 67.4 cm³/mol. The third-order valence-electron chi connectivity index (χ3n) is 3.47. The third-order valence-corrected chi connectivity index (χ3v) is 4.35. The first-order valence-electron chi connectivity index (χ1n) is 6.09. The van der Waals surface area contributed by atoms with Crippen LogP contribution in [-0.4, -0.2) is 6.54 Å². The van der Waals surface area contributed by atoms with E-state index in [4.69, 9.17) is 0 Å². The molecule has 1 unspecified atom stereocenters. The van der Waals surface area contributed by atoms with Crippen LogP contribution in [-0.2, 0) is 0 Å². The quantitative estimate of drug-likeness (QED) is 0.798. The molecule has 2 rings (SSSR count). The molecule has 1 atom stereocenters. The van der Waals surface area contributed by atoms with Crippen LogP contribution in [0.3, 0.4) is 0 Å². The fraction of sp³-hybridized carbons (Fsp3) is 0.692. The molecule has 1 heterocycles. The Bertz CT molecular complexity index is 301. The maximum atomic E-state index is 3.72. The van der Waals surface area contributed by atoms with Crippen molar-refractivity contribution in [2.45, 2.75) is 45.6 Å². The van der Waals surface area contributed by atoms with Crippen LogP contribution in [0.15, 0.2) is 10.8 Å². The van der Waals surface area contributed by atoms with Crippen molar-refractivity contribution in [3.8, 4) is 0 Å². The Morgan fingerprint density at radius 1 is 1.47 bits per heavy atom. The molecule has 1 saturated carbocycles. The first kappa shape index (κ1) is 11.2. The van der Waals surface area contributed by atoms with Gasteiger partial charge in [0.1, 0.15) is 0 Å². The minimum absolute atomic E-state index is 0.630. The van der Waals surface area contributed by atoms with Crippen LogP contribution in [0.2, 0.25) is 0 Å². The van der Waals surface area contributed by atoms with Crippen molar-refractivity contribution >= 4 is 11.3 Å². The van der Waals surface area contributed by atoms with Crippen molar-refractivity contribution in [3.63, 3.8) is 0 Å². The van der Waals surface area contributed by atoms with E-state index in [1.807, 2.05) is 11.3 Å². The molecule has 1 aliphatic rings. The molecule has 1 aliphatic carbocycles. The van der Waals surface area contributed by atoms with Crippen molar-refractivity contribution in [3.05, 3.63) is 21.9 Å². The Kier molecular flexibility index (Phi) is 3.81. The molecule has 0 saturated heterocycles. The Morgan fingerprint density at radius 3 is 2.73 bits per heavy atom. The number of thiophene rings is 1. The zero-order valence-electron chi connectivity index (χ0n) is 9.75. The molecule has 0 bridgehead atoms. The number of hydrogen-bond acceptors (Lipinski definition) is 2. The SMILES string of the molecule is CCCNC(c1cscc1C)C1CCC1. The van der Waals surface area contributed by atoms with Gasteiger partial charge >= 0.3 is 0 Å². The summed E-state index contributed by atoms with van der Waals surface area (Å²) in [5, 5.41) is 8.33. The lowest BCUT2D eigenvalue weighted by atomic mass is 9.77. The second-order valence-corrected chi connectivity index (χ2v) is 5.38. The molecule has 84 valence electrons. The molecule has 1 aromatic heterocycles. The first-order chi connectivity index (χ1) is 7.33. The molecule has 1 fully saturated rings. The molecule has 0 aromatic carbocycles. The lowest BCUT2D eigenvalue weighted by Gasteiger charge is -2.34. The van der Waals surface area contributed by atoms with Crippen LogP contribution in [0.25, 0.3) is 0 Å². The Labute approximate surface area is 96.9 Å². The topological polar surface area (TPSA) is 12.0 Å². The minimum atomic E-state index is 0.630. The third kappa shape index (κ3) is 2.43. The van der Waals surface area contributed by atoms with Gasteiger partial charge in [-0.15, -0.1) is 0 Å². The average molecular weight is 223 g/mol. The molecule has 1 nitrogen and oxygen atoms in total. The van der Waals surface area contributed by atoms with E-state index in [1.54, 1.807) is 5.56 Å². The Morgan fingerprint density at radius 2 is 2.27 bits per heavy atom. The number of rotatable bonds is 5. The maximum Gasteiger partial charge on any atom is 0.0359 e. The van der Waals surface area contributed by atoms with Crippen LogP contribution < -0.4 is 5.32 Å². The van der Waals surface area contributed by atoms with Gasteiger partial charge in [-0.25, -0.2) is 0 Å². The van der Waals surface area contributed by atoms with Gasteiger partial charge < -0.3 is 5.32 Å². The van der Waals surface area contributed by atoms with Gasteiger partial charge in [-0.3, -0.25) is 0 Å². The summed E-state index contributed by atoms with van der Waals surface area (Å²) in [5.74, 6) is 0.893. The second-order valence-electron chi connectivity index (χ2n) is 4.63. The molecule has 0 spiro atoms. The van der Waals surface area contributed by atoms with Gasteiger partial charge in [0.25, 0.3) is 0 Å². The number of aryl methyl sites for hydroxylation is 1. The highest BCUT2D eigenvalue weighted by atomic mass is 32.1. The second kappa shape index (κ2) is 5.13. The molecule has 2 heteroatoms. The van der Waals surface area contributed by atoms with Crippen molar-refractivity contribution in [1.29, 1.82) is 0 Å². The fourth-order valence-corrected chi connectivity index (χ4v) is 3.18. The Hall–Kier alpha value is -0.340. The highest BCUT2D eigenvalue weighted by Crippen LogP contribution is 2.39. The first-order valence-corrected chi connectivity index (χ1v) is 7.03. The monoisotopic (exact) mass is 223 g/mol. The van der Waals surface area contributed by atoms with E-state index in [1.165, 1.54) is 31.2 Å². The minimum Gasteiger partial charge on any atom is -0.310 e. The maximum absolute atomic E-state index is 3.72. The summed E-state index contributed by atoms with van der Waals surface area (Å²) < 4.78 is 0. The van der Waals surface area contributed by atoms with E-state index in [9.17, 15) is 0 Å². The van der Waals surface area contributed by atoms with Crippen molar-refractivity contribution in [1.82, 2.24) is 5.32 Å². The lowest BCUT2D eigenvalue weighted by molar-refractivity contribution is 0.231. The molecular formula is C13H21NS. The van der Waals surface area contributed by atoms with Gasteiger partial charge in [0.15, 0.2) is 0 Å². The summed E-state index contributed by atoms with van der Waals surface area (Å²) in [4.78, 5) is 0. The highest BCUT2D eigenvalue weighted by molar-refractivity contribution is 7.08. The molecule has 1 N–H and O–H groups in total. The van der Waals surface area contributed by atoms with E-state index in [-0.39, 0.29) is 0 Å². The summed E-state index contributed by atoms with van der Waals surface area (Å²) in [7, 11) is 0. The molecule has 0 amide bonds. The zero-order chi connectivity index (χ0) is 10.7. The normalized spacial score (nSPS) is 18.8. The summed E-state index contributed by atoms with van der Waals surface area (Å²) in [6, 6.07) is 0.630. The van der Waals surface area contributed by atoms with E-state index >= 15 is 0 Å². The lowest BCUT2D eigenvalue weighted by Crippen LogP contribution is -2.32. The van der Waals surface area contributed by atoms with Crippen molar-refractivity contribution in [2.75, 3.05) is 6.54 Å². The zero-order valence-corrected chi connectivity index (χ0v) is 10.6. The van der Waals surface area contributed by atoms with E-state index < -0.39 is 0 Å². The molecule has 15 heavy (non-hydrogen) atoms. The van der Waals surface area contributed by atoms with Gasteiger partial charge in [-0.1, -0.05) is 13.3 Å². The van der Waals surface area contributed by atoms with Crippen LogP contribution in [0.5, 0.6) is 0 Å². The van der Waals surface area contributed by atoms with Crippen molar-refractivity contribution in [2.24, 2.45) is 5.92 Å². The van der Waals surface area contributed by atoms with E-state index in [0.29, 0.717) is 6.04 Å². The largest absolute Gasteiger partial charge is 0.310 e. The van der Waals surface area contributed by atoms with Crippen LogP contribution in [0.1, 0.15) is 49.8 Å². The molecule has 0 aliphatic heterocycles. The summed E-state index contributed by atoms with van der Waals surface area (Å²) in [6.07, 6.45) is 5.48. The van der Waals surface area contributed by atoms with Gasteiger partial charge in [0.05, 0.1) is 0 Å². The average Bonchev–Trinajstić information content (AvgIpc) is 2.55. The number of hydrogen-bond donors (Lipinski definition) is 1. The standard InChI is InChI=1S/C13H21NS/c1-3-7-14-13(11-5-4-6-11)12-9-15-8-10(12)2/h8-9,11,13-14H,3-7H2,1-2H3. The van der Waals surface area contributed by atoms with Crippen LogP contribution in [0.4, 0.5) is 0 Å². The van der Waals surface area contributed by atoms with Gasteiger partial charge in [0.2, 0.25) is 0 Å². The van der Waals surface area contributed by atoms with Gasteiger partial charge in [-0.05, 0) is 60.5 Å². The number of nitrogens with one attached hydrogen (secondary N) is 1. The van der Waals surface area contributed by atoms with E-state index in [0.717, 1.165) is 12.5 Å². The van der Waals surface area contributed by atoms with Crippen LogP contribution >= 0.6 is 11.3 Å². The highest BCUT2D eigenvalue weighted by Gasteiger charge is 2.28. The fourth-order valence-electron chi connectivity index (χ4n) is 2.29. The smallest absolute Gasteiger partial charge is 0.0359 e. The van der Waals surface area contributed by atoms with Crippen LogP contribution in [0, 0.1) is 12.8 Å². The predicted octanol–water partition coefficient (Wildman–Crippen LogP) is 3.90. The Balaban J connectivity index is 2.07. The van der Waals surface area contributed by atoms with Crippen molar-refractivity contribution < 1.29 is 0 Å². The van der Waals surface area contributed by atoms with E-state index in [2.05, 4.69) is 29.9 Å². The van der Waals surface area contributed by atoms with Gasteiger partial charge in [0, 0.05) is 6.04 Å². The molecular weight excluding hydrogens is 202 g/mol. The molecule has 0 radical (unpaired) electrons. The summed E-state index contributed by atoms with van der Waals surface area (Å²) >= 11 is 1.84. The summed E-state index contributed by atoms with van der Waals surface area (Å²) in [5.41, 5.74) is 3.03.